The van der Waals surface area contributed by atoms with Crippen molar-refractivity contribution in [2.24, 2.45) is 0 Å². The molecular weight excluding hydrogens is 578 g/mol. The van der Waals surface area contributed by atoms with Crippen LogP contribution in [0, 0.1) is 0 Å². The number of rotatable bonds is 4. The van der Waals surface area contributed by atoms with Gasteiger partial charge in [0.2, 0.25) is 0 Å². The highest BCUT2D eigenvalue weighted by Gasteiger charge is 2.23. The van der Waals surface area contributed by atoms with Crippen molar-refractivity contribution in [3.63, 3.8) is 0 Å². The van der Waals surface area contributed by atoms with Crippen LogP contribution >= 0.6 is 11.6 Å². The fraction of sp³-hybridized carbons (Fsp3) is 0.103. The highest BCUT2D eigenvalue weighted by molar-refractivity contribution is 6.36. The van der Waals surface area contributed by atoms with Crippen molar-refractivity contribution in [1.29, 1.82) is 0 Å². The van der Waals surface area contributed by atoms with E-state index in [1.54, 1.807) is 0 Å². The highest BCUT2D eigenvalue weighted by Crippen LogP contribution is 2.42. The van der Waals surface area contributed by atoms with Gasteiger partial charge in [-0.25, -0.2) is 15.0 Å². The van der Waals surface area contributed by atoms with Gasteiger partial charge < -0.3 is 8.83 Å². The van der Waals surface area contributed by atoms with Gasteiger partial charge in [-0.05, 0) is 72.7 Å². The number of allylic oxidation sites excluding steroid dienone is 8. The zero-order valence-electron chi connectivity index (χ0n) is 24.3. The zero-order chi connectivity index (χ0) is 29.9. The molecule has 45 heavy (non-hydrogen) atoms. The molecule has 0 aliphatic heterocycles. The van der Waals surface area contributed by atoms with E-state index in [4.69, 9.17) is 35.4 Å². The minimum Gasteiger partial charge on any atom is -0.456 e. The number of nitrogens with zero attached hydrogens (tertiary/aromatic N) is 3. The molecule has 0 radical (unpaired) electrons. The number of furan rings is 2. The Morgan fingerprint density at radius 2 is 1.44 bits per heavy atom. The van der Waals surface area contributed by atoms with Gasteiger partial charge >= 0.3 is 0 Å². The molecule has 216 valence electrons. The lowest BCUT2D eigenvalue weighted by Gasteiger charge is -2.18. The molecule has 3 heterocycles. The number of hydrogen-bond acceptors (Lipinski definition) is 5. The first-order valence-electron chi connectivity index (χ1n) is 15.3. The second-order valence-corrected chi connectivity index (χ2v) is 11.9. The summed E-state index contributed by atoms with van der Waals surface area (Å²) in [5.41, 5.74) is 8.47. The molecule has 0 spiro atoms. The molecule has 0 bridgehead atoms. The Balaban J connectivity index is 1.27. The molecule has 2 aliphatic rings. The van der Waals surface area contributed by atoms with Crippen molar-refractivity contribution in [1.82, 2.24) is 15.0 Å². The molecular formula is C39H26ClN3O2. The summed E-state index contributed by atoms with van der Waals surface area (Å²) >= 11 is 6.56. The topological polar surface area (TPSA) is 65.0 Å². The Kier molecular flexibility index (Phi) is 6.06. The van der Waals surface area contributed by atoms with E-state index >= 15 is 0 Å². The Bertz CT molecular complexity index is 2460. The molecule has 9 rings (SSSR count). The summed E-state index contributed by atoms with van der Waals surface area (Å²) < 4.78 is 12.5. The normalized spacial score (nSPS) is 15.2. The maximum absolute atomic E-state index is 6.56. The van der Waals surface area contributed by atoms with Crippen molar-refractivity contribution >= 4 is 72.2 Å². The fourth-order valence-electron chi connectivity index (χ4n) is 6.64. The summed E-state index contributed by atoms with van der Waals surface area (Å²) in [5, 5.41) is 4.84. The first kappa shape index (κ1) is 26.2. The van der Waals surface area contributed by atoms with E-state index in [0.717, 1.165) is 86.3 Å². The third-order valence-corrected chi connectivity index (χ3v) is 9.08. The molecule has 0 fully saturated rings. The lowest BCUT2D eigenvalue weighted by molar-refractivity contribution is 0.668. The van der Waals surface area contributed by atoms with Crippen molar-refractivity contribution < 1.29 is 8.83 Å². The van der Waals surface area contributed by atoms with Crippen molar-refractivity contribution in [3.05, 3.63) is 131 Å². The molecule has 4 aromatic carbocycles. The average Bonchev–Trinajstić information content (AvgIpc) is 3.67. The zero-order valence-corrected chi connectivity index (χ0v) is 25.0. The van der Waals surface area contributed by atoms with Gasteiger partial charge in [0.05, 0.1) is 5.02 Å². The molecule has 0 unspecified atom stereocenters. The molecule has 0 saturated carbocycles. The van der Waals surface area contributed by atoms with Crippen molar-refractivity contribution in [2.75, 3.05) is 0 Å². The molecule has 0 atom stereocenters. The second kappa shape index (κ2) is 10.4. The van der Waals surface area contributed by atoms with E-state index in [2.05, 4.69) is 60.7 Å². The quantitative estimate of drug-likeness (QED) is 0.200. The first-order chi connectivity index (χ1) is 22.2. The summed E-state index contributed by atoms with van der Waals surface area (Å²) in [7, 11) is 0. The highest BCUT2D eigenvalue weighted by atomic mass is 35.5. The number of para-hydroxylation sites is 2. The lowest BCUT2D eigenvalue weighted by Crippen LogP contribution is -2.07. The summed E-state index contributed by atoms with van der Waals surface area (Å²) in [5.74, 6) is 1.98. The van der Waals surface area contributed by atoms with Gasteiger partial charge in [0.15, 0.2) is 23.1 Å². The summed E-state index contributed by atoms with van der Waals surface area (Å²) in [6.07, 6.45) is 14.4. The van der Waals surface area contributed by atoms with Crippen LogP contribution in [0.25, 0.3) is 72.0 Å². The third kappa shape index (κ3) is 4.34. The average molecular weight is 604 g/mol. The molecule has 6 heteroatoms. The molecule has 0 saturated heterocycles. The third-order valence-electron chi connectivity index (χ3n) is 8.78. The van der Waals surface area contributed by atoms with E-state index in [1.165, 1.54) is 5.57 Å². The molecule has 0 N–H and O–H groups in total. The lowest BCUT2D eigenvalue weighted by atomic mass is 9.88. The predicted molar refractivity (Wildman–Crippen MR) is 183 cm³/mol. The standard InChI is InChI=1S/C39H26ClN3O2/c40-31-17-8-16-30-35-28(15-9-19-33(35)45-36(30)31)25-12-4-5-14-29(25)39-42-37(23-10-2-1-3-11-23)41-38(43-39)24-20-21-27-26-13-6-7-18-32(26)44-34(27)22-24/h1-2,5-10,13-22H,3-4,11-12H2. The van der Waals surface area contributed by atoms with Crippen LogP contribution in [-0.4, -0.2) is 15.0 Å². The van der Waals surface area contributed by atoms with Crippen LogP contribution < -0.4 is 0 Å². The van der Waals surface area contributed by atoms with Crippen molar-refractivity contribution in [3.8, 4) is 11.4 Å². The molecule has 2 aliphatic carbocycles. The summed E-state index contributed by atoms with van der Waals surface area (Å²) in [6.45, 7) is 0. The van der Waals surface area contributed by atoms with Gasteiger partial charge in [-0.15, -0.1) is 0 Å². The fourth-order valence-corrected chi connectivity index (χ4v) is 6.85. The number of fused-ring (bicyclic) bond motifs is 6. The minimum absolute atomic E-state index is 0.607. The Morgan fingerprint density at radius 1 is 0.644 bits per heavy atom. The van der Waals surface area contributed by atoms with Crippen LogP contribution in [0.5, 0.6) is 0 Å². The molecule has 3 aromatic heterocycles. The first-order valence-corrected chi connectivity index (χ1v) is 15.6. The summed E-state index contributed by atoms with van der Waals surface area (Å²) in [4.78, 5) is 15.3. The van der Waals surface area contributed by atoms with Crippen LogP contribution in [0.2, 0.25) is 5.02 Å². The van der Waals surface area contributed by atoms with Gasteiger partial charge in [-0.2, -0.15) is 0 Å². The molecule has 7 aromatic rings. The van der Waals surface area contributed by atoms with E-state index in [0.29, 0.717) is 28.1 Å². The molecule has 0 amide bonds. The van der Waals surface area contributed by atoms with E-state index < -0.39 is 0 Å². The number of halogens is 1. The van der Waals surface area contributed by atoms with Crippen LogP contribution in [0.1, 0.15) is 42.9 Å². The van der Waals surface area contributed by atoms with Crippen molar-refractivity contribution in [2.45, 2.75) is 25.7 Å². The van der Waals surface area contributed by atoms with Gasteiger partial charge in [0.25, 0.3) is 0 Å². The monoisotopic (exact) mass is 603 g/mol. The van der Waals surface area contributed by atoms with Gasteiger partial charge in [0, 0.05) is 32.7 Å². The van der Waals surface area contributed by atoms with E-state index in [1.807, 2.05) is 48.5 Å². The van der Waals surface area contributed by atoms with Gasteiger partial charge in [0.1, 0.15) is 16.7 Å². The van der Waals surface area contributed by atoms with E-state index in [-0.39, 0.29) is 0 Å². The smallest absolute Gasteiger partial charge is 0.164 e. The maximum atomic E-state index is 6.56. The van der Waals surface area contributed by atoms with Crippen LogP contribution in [0.3, 0.4) is 0 Å². The predicted octanol–water partition coefficient (Wildman–Crippen LogP) is 11.0. The van der Waals surface area contributed by atoms with Crippen LogP contribution in [-0.2, 0) is 0 Å². The Labute approximate surface area is 263 Å². The number of benzene rings is 4. The van der Waals surface area contributed by atoms with Crippen LogP contribution in [0.4, 0.5) is 0 Å². The number of aromatic nitrogens is 3. The maximum Gasteiger partial charge on any atom is 0.164 e. The Hall–Kier alpha value is -5.26. The van der Waals surface area contributed by atoms with Gasteiger partial charge in [-0.1, -0.05) is 90.5 Å². The van der Waals surface area contributed by atoms with E-state index in [9.17, 15) is 0 Å². The largest absolute Gasteiger partial charge is 0.456 e. The van der Waals surface area contributed by atoms with Gasteiger partial charge in [-0.3, -0.25) is 0 Å². The van der Waals surface area contributed by atoms with Crippen LogP contribution in [0.15, 0.2) is 118 Å². The number of hydrogen-bond donors (Lipinski definition) is 0. The summed E-state index contributed by atoms with van der Waals surface area (Å²) in [6, 6.07) is 26.5. The Morgan fingerprint density at radius 3 is 2.38 bits per heavy atom. The molecule has 5 nitrogen and oxygen atoms in total. The SMILES string of the molecule is Clc1cccc2c1oc1cccc(C3=C(c4nc(C5=CC=CCC5)nc(-c5ccc6c(c5)oc5ccccc56)n4)C=CCC3)c12. The second-order valence-electron chi connectivity index (χ2n) is 11.5. The minimum atomic E-state index is 0.607.